The summed E-state index contributed by atoms with van der Waals surface area (Å²) >= 11 is 5.98. The van der Waals surface area contributed by atoms with Crippen LogP contribution in [0, 0.1) is 11.8 Å². The number of ketones is 1. The van der Waals surface area contributed by atoms with Crippen molar-refractivity contribution in [1.29, 1.82) is 0 Å². The Morgan fingerprint density at radius 3 is 2.75 bits per heavy atom. The van der Waals surface area contributed by atoms with Gasteiger partial charge in [0.15, 0.2) is 5.78 Å². The van der Waals surface area contributed by atoms with Gasteiger partial charge in [-0.25, -0.2) is 0 Å². The maximum atomic E-state index is 11.2. The molecule has 0 spiro atoms. The van der Waals surface area contributed by atoms with Crippen LogP contribution < -0.4 is 0 Å². The molecule has 2 aliphatic rings. The van der Waals surface area contributed by atoms with Gasteiger partial charge < -0.3 is 20.1 Å². The van der Waals surface area contributed by atoms with E-state index < -0.39 is 11.7 Å². The number of carbonyl (C=O) groups excluding carboxylic acids is 1. The highest BCUT2D eigenvalue weighted by Gasteiger charge is 2.47. The van der Waals surface area contributed by atoms with Gasteiger partial charge in [-0.3, -0.25) is 4.79 Å². The van der Waals surface area contributed by atoms with Crippen LogP contribution in [0.4, 0.5) is 0 Å². The molecule has 6 atom stereocenters. The van der Waals surface area contributed by atoms with E-state index in [0.29, 0.717) is 31.6 Å². The number of hydrogen-bond donors (Lipinski definition) is 3. The van der Waals surface area contributed by atoms with E-state index in [1.807, 2.05) is 6.08 Å². The van der Waals surface area contributed by atoms with Gasteiger partial charge in [-0.1, -0.05) is 38.3 Å². The summed E-state index contributed by atoms with van der Waals surface area (Å²) in [6.45, 7) is 1.73. The zero-order valence-corrected chi connectivity index (χ0v) is 17.8. The van der Waals surface area contributed by atoms with Gasteiger partial charge in [0, 0.05) is 18.8 Å². The summed E-state index contributed by atoms with van der Waals surface area (Å²) in [5, 5.41) is 29.8. The van der Waals surface area contributed by atoms with Crippen LogP contribution in [-0.2, 0) is 9.53 Å². The van der Waals surface area contributed by atoms with Crippen molar-refractivity contribution >= 4 is 17.4 Å². The molecular weight excluding hydrogens is 380 g/mol. The first-order valence-corrected chi connectivity index (χ1v) is 11.4. The third-order valence-electron chi connectivity index (χ3n) is 6.30. The van der Waals surface area contributed by atoms with Crippen molar-refractivity contribution in [1.82, 2.24) is 0 Å². The summed E-state index contributed by atoms with van der Waals surface area (Å²) in [5.74, 6) is 0.501. The summed E-state index contributed by atoms with van der Waals surface area (Å²) in [6.07, 6.45) is 11.8. The topological polar surface area (TPSA) is 87.0 Å². The third kappa shape index (κ3) is 6.81. The molecule has 162 valence electrons. The summed E-state index contributed by atoms with van der Waals surface area (Å²) in [6, 6.07) is 0. The van der Waals surface area contributed by atoms with Crippen LogP contribution in [0.2, 0.25) is 0 Å². The van der Waals surface area contributed by atoms with Crippen molar-refractivity contribution in [3.8, 4) is 0 Å². The number of hydrogen-bond acceptors (Lipinski definition) is 5. The van der Waals surface area contributed by atoms with Crippen molar-refractivity contribution in [3.63, 3.8) is 0 Å². The predicted octanol–water partition coefficient (Wildman–Crippen LogP) is 3.37. The average molecular weight is 417 g/mol. The Kier molecular flexibility index (Phi) is 9.91. The first kappa shape index (κ1) is 23.8. The van der Waals surface area contributed by atoms with Crippen LogP contribution in [0.15, 0.2) is 12.2 Å². The number of aliphatic hydroxyl groups excluding tert-OH is 2. The second-order valence-electron chi connectivity index (χ2n) is 8.61. The van der Waals surface area contributed by atoms with E-state index in [0.717, 1.165) is 38.5 Å². The van der Waals surface area contributed by atoms with Gasteiger partial charge in [0.1, 0.15) is 6.61 Å². The molecule has 2 fully saturated rings. The van der Waals surface area contributed by atoms with E-state index in [1.165, 1.54) is 0 Å². The van der Waals surface area contributed by atoms with E-state index in [2.05, 4.69) is 13.0 Å². The molecule has 1 aliphatic carbocycles. The number of Topliss-reactive ketones (excluding diaryl/α,β-unsaturated/α-hetero) is 1. The fourth-order valence-electron chi connectivity index (χ4n) is 4.58. The minimum Gasteiger partial charge on any atom is -0.392 e. The van der Waals surface area contributed by atoms with Gasteiger partial charge in [0.05, 0.1) is 29.8 Å². The summed E-state index contributed by atoms with van der Waals surface area (Å²) in [7, 11) is 0. The van der Waals surface area contributed by atoms with E-state index in [4.69, 9.17) is 21.4 Å². The molecule has 3 N–H and O–H groups in total. The van der Waals surface area contributed by atoms with Crippen LogP contribution in [-0.4, -0.2) is 57.5 Å². The Bertz CT molecular complexity index is 511. The highest BCUT2D eigenvalue weighted by Crippen LogP contribution is 2.45. The Balaban J connectivity index is 1.80. The molecule has 1 saturated carbocycles. The zero-order valence-electron chi connectivity index (χ0n) is 17.1. The van der Waals surface area contributed by atoms with Crippen molar-refractivity contribution in [2.45, 2.75) is 95.0 Å². The van der Waals surface area contributed by atoms with Gasteiger partial charge in [0.25, 0.3) is 0 Å². The largest absolute Gasteiger partial charge is 0.392 e. The van der Waals surface area contributed by atoms with Crippen molar-refractivity contribution in [2.75, 3.05) is 12.5 Å². The highest BCUT2D eigenvalue weighted by atomic mass is 35.5. The lowest BCUT2D eigenvalue weighted by Crippen LogP contribution is -2.30. The van der Waals surface area contributed by atoms with Gasteiger partial charge in [-0.2, -0.15) is 0 Å². The minimum atomic E-state index is -0.863. The first-order chi connectivity index (χ1) is 13.4. The molecule has 5 nitrogen and oxygen atoms in total. The molecule has 0 bridgehead atoms. The Morgan fingerprint density at radius 2 is 2.07 bits per heavy atom. The molecule has 1 heterocycles. The molecule has 0 radical (unpaired) electrons. The Labute approximate surface area is 174 Å². The maximum absolute atomic E-state index is 11.2. The predicted molar refractivity (Wildman–Crippen MR) is 110 cm³/mol. The lowest BCUT2D eigenvalue weighted by Gasteiger charge is -2.24. The second kappa shape index (κ2) is 11.7. The fourth-order valence-corrected chi connectivity index (χ4v) is 4.82. The summed E-state index contributed by atoms with van der Waals surface area (Å²) < 4.78 is 6.14. The number of rotatable bonds is 13. The van der Waals surface area contributed by atoms with Crippen LogP contribution >= 0.6 is 11.6 Å². The standard InChI is InChI=1S/C22H37ClO5/c1-2-3-10-22(27,15-23)11-6-9-18-19-12-17(28-21(19)13-20(18)26)8-5-4-7-16(25)14-24/h6,9,17-21,24,26-27H,2-5,7-8,10-15H2,1H3/t17-,18+,19+,20+,21+,22?/m0/s1. The van der Waals surface area contributed by atoms with Gasteiger partial charge >= 0.3 is 0 Å². The lowest BCUT2D eigenvalue weighted by molar-refractivity contribution is -0.121. The molecular formula is C22H37ClO5. The van der Waals surface area contributed by atoms with Gasteiger partial charge in [0.2, 0.25) is 0 Å². The fraction of sp³-hybridized carbons (Fsp3) is 0.864. The number of aliphatic hydroxyl groups is 3. The smallest absolute Gasteiger partial charge is 0.158 e. The zero-order chi connectivity index (χ0) is 20.6. The number of alkyl halides is 1. The van der Waals surface area contributed by atoms with E-state index in [1.54, 1.807) is 0 Å². The van der Waals surface area contributed by atoms with Gasteiger partial charge in [-0.15, -0.1) is 11.6 Å². The molecule has 28 heavy (non-hydrogen) atoms. The van der Waals surface area contributed by atoms with E-state index in [9.17, 15) is 15.0 Å². The average Bonchev–Trinajstić information content (AvgIpc) is 3.20. The number of fused-ring (bicyclic) bond motifs is 1. The Hall–Kier alpha value is -0.460. The number of carbonyl (C=O) groups is 1. The molecule has 6 heteroatoms. The molecule has 0 aromatic heterocycles. The van der Waals surface area contributed by atoms with E-state index >= 15 is 0 Å². The number of halogens is 1. The van der Waals surface area contributed by atoms with Crippen molar-refractivity contribution in [2.24, 2.45) is 11.8 Å². The molecule has 1 aliphatic heterocycles. The normalized spacial score (nSPS) is 32.0. The molecule has 1 unspecified atom stereocenters. The van der Waals surface area contributed by atoms with Crippen LogP contribution in [0.1, 0.15) is 71.1 Å². The second-order valence-corrected chi connectivity index (χ2v) is 8.88. The van der Waals surface area contributed by atoms with Crippen LogP contribution in [0.3, 0.4) is 0 Å². The van der Waals surface area contributed by atoms with Crippen molar-refractivity contribution < 1.29 is 24.9 Å². The molecule has 2 rings (SSSR count). The SMILES string of the molecule is CCCCC(O)(CCl)CC=C[C@@H]1[C@H]2C[C@H](CCCCC(=O)CO)O[C@@H]2C[C@H]1O. The number of ether oxygens (including phenoxy) is 1. The summed E-state index contributed by atoms with van der Waals surface area (Å²) in [4.78, 5) is 11.2. The molecule has 1 saturated heterocycles. The van der Waals surface area contributed by atoms with E-state index in [-0.39, 0.29) is 36.4 Å². The Morgan fingerprint density at radius 1 is 1.29 bits per heavy atom. The highest BCUT2D eigenvalue weighted by molar-refractivity contribution is 6.18. The minimum absolute atomic E-state index is 0.0664. The quantitative estimate of drug-likeness (QED) is 0.243. The van der Waals surface area contributed by atoms with Gasteiger partial charge in [-0.05, 0) is 38.0 Å². The molecule has 0 amide bonds. The number of unbranched alkanes of at least 4 members (excludes halogenated alkanes) is 2. The first-order valence-electron chi connectivity index (χ1n) is 10.8. The monoisotopic (exact) mass is 416 g/mol. The maximum Gasteiger partial charge on any atom is 0.158 e. The van der Waals surface area contributed by atoms with Crippen molar-refractivity contribution in [3.05, 3.63) is 12.2 Å². The molecule has 0 aromatic rings. The lowest BCUT2D eigenvalue weighted by atomic mass is 9.88. The summed E-state index contributed by atoms with van der Waals surface area (Å²) in [5.41, 5.74) is -0.863. The van der Waals surface area contributed by atoms with Crippen LogP contribution in [0.5, 0.6) is 0 Å². The third-order valence-corrected chi connectivity index (χ3v) is 6.80. The molecule has 0 aromatic carbocycles. The van der Waals surface area contributed by atoms with Crippen LogP contribution in [0.25, 0.3) is 0 Å².